The lowest BCUT2D eigenvalue weighted by Gasteiger charge is -1.96. The van der Waals surface area contributed by atoms with Crippen molar-refractivity contribution in [3.05, 3.63) is 12.2 Å². The molecule has 0 heterocycles. The van der Waals surface area contributed by atoms with Gasteiger partial charge in [0.15, 0.2) is 0 Å². The Bertz CT molecular complexity index is 70.9. The highest BCUT2D eigenvalue weighted by molar-refractivity contribution is 4.92. The van der Waals surface area contributed by atoms with Crippen LogP contribution in [0.3, 0.4) is 0 Å². The lowest BCUT2D eigenvalue weighted by molar-refractivity contribution is 0.337. The fourth-order valence-corrected chi connectivity index (χ4v) is 0.401. The fourth-order valence-electron chi connectivity index (χ4n) is 0.401. The molecule has 0 bridgehead atoms. The lowest BCUT2D eigenvalue weighted by Crippen LogP contribution is -2.02. The Morgan fingerprint density at radius 1 is 1.75 bits per heavy atom. The van der Waals surface area contributed by atoms with E-state index < -0.39 is 0 Å². The first-order valence-corrected chi connectivity index (χ1v) is 2.81. The van der Waals surface area contributed by atoms with E-state index in [1.165, 1.54) is 0 Å². The van der Waals surface area contributed by atoms with Gasteiger partial charge in [-0.25, -0.2) is 0 Å². The second-order valence-electron chi connectivity index (χ2n) is 1.74. The van der Waals surface area contributed by atoms with Crippen LogP contribution in [-0.4, -0.2) is 6.54 Å². The number of rotatable bonds is 4. The first-order chi connectivity index (χ1) is 3.81. The zero-order chi connectivity index (χ0) is 6.41. The van der Waals surface area contributed by atoms with Crippen molar-refractivity contribution in [1.29, 1.82) is 0 Å². The molecule has 0 atom stereocenters. The number of hydrogen-bond acceptors (Lipinski definition) is 1. The molecule has 0 aliphatic heterocycles. The minimum absolute atomic E-state index is 0.396. The van der Waals surface area contributed by atoms with Crippen LogP contribution in [0.15, 0.2) is 12.2 Å². The maximum absolute atomic E-state index is 11.2. The molecule has 8 heavy (non-hydrogen) atoms. The second kappa shape index (κ2) is 4.78. The molecule has 0 rings (SSSR count). The molecular formula is C6H12FN. The SMILES string of the molecule is C=C(CC)CCNF. The summed E-state index contributed by atoms with van der Waals surface area (Å²) in [5.74, 6) is 0. The summed E-state index contributed by atoms with van der Waals surface area (Å²) in [4.78, 5) is 0. The molecule has 0 aliphatic rings. The van der Waals surface area contributed by atoms with Crippen LogP contribution in [-0.2, 0) is 0 Å². The van der Waals surface area contributed by atoms with E-state index in [1.807, 2.05) is 6.92 Å². The van der Waals surface area contributed by atoms with Gasteiger partial charge in [0.05, 0.1) is 0 Å². The Morgan fingerprint density at radius 2 is 2.38 bits per heavy atom. The highest BCUT2D eigenvalue weighted by Crippen LogP contribution is 1.99. The molecule has 0 spiro atoms. The van der Waals surface area contributed by atoms with Gasteiger partial charge in [0.1, 0.15) is 0 Å². The van der Waals surface area contributed by atoms with Crippen LogP contribution in [0.4, 0.5) is 4.48 Å². The summed E-state index contributed by atoms with van der Waals surface area (Å²) in [5.41, 5.74) is 2.66. The van der Waals surface area contributed by atoms with E-state index in [1.54, 1.807) is 5.54 Å². The molecule has 0 saturated heterocycles. The van der Waals surface area contributed by atoms with E-state index in [2.05, 4.69) is 6.58 Å². The van der Waals surface area contributed by atoms with E-state index in [0.717, 1.165) is 18.4 Å². The van der Waals surface area contributed by atoms with E-state index in [-0.39, 0.29) is 0 Å². The summed E-state index contributed by atoms with van der Waals surface area (Å²) in [6.07, 6.45) is 1.69. The third-order valence-corrected chi connectivity index (χ3v) is 1.07. The van der Waals surface area contributed by atoms with Crippen LogP contribution in [0.25, 0.3) is 0 Å². The molecule has 0 aromatic heterocycles. The summed E-state index contributed by atoms with van der Waals surface area (Å²) in [6.45, 7) is 6.11. The van der Waals surface area contributed by atoms with E-state index in [9.17, 15) is 4.48 Å². The highest BCUT2D eigenvalue weighted by atomic mass is 19.2. The molecule has 0 fully saturated rings. The first-order valence-electron chi connectivity index (χ1n) is 2.81. The summed E-state index contributed by atoms with van der Waals surface area (Å²) in [5, 5.41) is 0. The van der Waals surface area contributed by atoms with Crippen LogP contribution in [0, 0.1) is 0 Å². The topological polar surface area (TPSA) is 12.0 Å². The number of halogens is 1. The van der Waals surface area contributed by atoms with Crippen molar-refractivity contribution < 1.29 is 4.48 Å². The maximum atomic E-state index is 11.2. The van der Waals surface area contributed by atoms with Gasteiger partial charge in [-0.15, -0.1) is 4.48 Å². The van der Waals surface area contributed by atoms with Crippen molar-refractivity contribution in [3.63, 3.8) is 0 Å². The Morgan fingerprint density at radius 3 is 2.75 bits per heavy atom. The third kappa shape index (κ3) is 3.81. The first kappa shape index (κ1) is 7.63. The second-order valence-corrected chi connectivity index (χ2v) is 1.74. The third-order valence-electron chi connectivity index (χ3n) is 1.07. The number of hydrogen-bond donors (Lipinski definition) is 1. The Hall–Kier alpha value is -0.370. The largest absolute Gasteiger partial charge is 0.159 e. The van der Waals surface area contributed by atoms with Crippen molar-refractivity contribution in [3.8, 4) is 0 Å². The lowest BCUT2D eigenvalue weighted by atomic mass is 10.2. The maximum Gasteiger partial charge on any atom is 0.0296 e. The van der Waals surface area contributed by atoms with E-state index in [4.69, 9.17) is 0 Å². The van der Waals surface area contributed by atoms with Crippen molar-refractivity contribution >= 4 is 0 Å². The standard InChI is InChI=1S/C6H12FN/c1-3-6(2)4-5-8-7/h8H,2-5H2,1H3. The van der Waals surface area contributed by atoms with Crippen LogP contribution >= 0.6 is 0 Å². The predicted octanol–water partition coefficient (Wildman–Crippen LogP) is 1.82. The molecule has 0 aromatic rings. The minimum Gasteiger partial charge on any atom is -0.159 e. The molecule has 0 aliphatic carbocycles. The van der Waals surface area contributed by atoms with Crippen LogP contribution in [0.1, 0.15) is 19.8 Å². The molecular weight excluding hydrogens is 105 g/mol. The smallest absolute Gasteiger partial charge is 0.0296 e. The van der Waals surface area contributed by atoms with Crippen molar-refractivity contribution in [1.82, 2.24) is 5.54 Å². The Balaban J connectivity index is 2.99. The van der Waals surface area contributed by atoms with E-state index >= 15 is 0 Å². The molecule has 2 heteroatoms. The van der Waals surface area contributed by atoms with E-state index in [0.29, 0.717) is 6.54 Å². The highest BCUT2D eigenvalue weighted by Gasteiger charge is 1.87. The molecule has 0 amide bonds. The average Bonchev–Trinajstić information content (AvgIpc) is 1.83. The Labute approximate surface area is 49.5 Å². The zero-order valence-electron chi connectivity index (χ0n) is 5.21. The van der Waals surface area contributed by atoms with Crippen LogP contribution in [0.5, 0.6) is 0 Å². The zero-order valence-corrected chi connectivity index (χ0v) is 5.21. The molecule has 48 valence electrons. The number of nitrogens with one attached hydrogen (secondary N) is 1. The summed E-state index contributed by atoms with van der Waals surface area (Å²) < 4.78 is 11.2. The molecule has 1 N–H and O–H groups in total. The van der Waals surface area contributed by atoms with Gasteiger partial charge in [0.2, 0.25) is 0 Å². The Kier molecular flexibility index (Phi) is 4.56. The molecule has 0 radical (unpaired) electrons. The van der Waals surface area contributed by atoms with Gasteiger partial charge in [0, 0.05) is 6.54 Å². The normalized spacial score (nSPS) is 9.25. The summed E-state index contributed by atoms with van der Waals surface area (Å²) in [6, 6.07) is 0. The molecule has 1 nitrogen and oxygen atoms in total. The van der Waals surface area contributed by atoms with Crippen molar-refractivity contribution in [2.24, 2.45) is 0 Å². The monoisotopic (exact) mass is 117 g/mol. The molecule has 0 unspecified atom stereocenters. The van der Waals surface area contributed by atoms with Gasteiger partial charge in [-0.3, -0.25) is 0 Å². The van der Waals surface area contributed by atoms with Crippen LogP contribution < -0.4 is 5.54 Å². The minimum atomic E-state index is 0.396. The predicted molar refractivity (Wildman–Crippen MR) is 33.2 cm³/mol. The molecule has 0 saturated carbocycles. The summed E-state index contributed by atoms with van der Waals surface area (Å²) >= 11 is 0. The van der Waals surface area contributed by atoms with Crippen LogP contribution in [0.2, 0.25) is 0 Å². The van der Waals surface area contributed by atoms with Gasteiger partial charge in [-0.2, -0.15) is 5.54 Å². The fraction of sp³-hybridized carbons (Fsp3) is 0.667. The van der Waals surface area contributed by atoms with Gasteiger partial charge >= 0.3 is 0 Å². The summed E-state index contributed by atoms with van der Waals surface area (Å²) in [7, 11) is 0. The van der Waals surface area contributed by atoms with Crippen molar-refractivity contribution in [2.45, 2.75) is 19.8 Å². The van der Waals surface area contributed by atoms with Gasteiger partial charge in [-0.1, -0.05) is 19.1 Å². The molecule has 0 aromatic carbocycles. The average molecular weight is 117 g/mol. The van der Waals surface area contributed by atoms with Gasteiger partial charge < -0.3 is 0 Å². The van der Waals surface area contributed by atoms with Gasteiger partial charge in [-0.05, 0) is 12.8 Å². The quantitative estimate of drug-likeness (QED) is 0.437. The van der Waals surface area contributed by atoms with Gasteiger partial charge in [0.25, 0.3) is 0 Å². The van der Waals surface area contributed by atoms with Crippen molar-refractivity contribution in [2.75, 3.05) is 6.54 Å².